The van der Waals surface area contributed by atoms with Crippen LogP contribution in [0.15, 0.2) is 122 Å². The minimum absolute atomic E-state index is 0.0483. The first-order valence-electron chi connectivity index (χ1n) is 29.4. The number of quaternary nitrogens is 1. The second-order valence-corrected chi connectivity index (χ2v) is 22.1. The molecule has 0 bridgehead atoms. The first-order chi connectivity index (χ1) is 35.5. The molecule has 1 amide bonds. The van der Waals surface area contributed by atoms with E-state index in [2.05, 4.69) is 129 Å². The summed E-state index contributed by atoms with van der Waals surface area (Å²) in [5.74, 6) is -0.200. The van der Waals surface area contributed by atoms with Gasteiger partial charge in [0.1, 0.15) is 13.2 Å². The van der Waals surface area contributed by atoms with Crippen molar-refractivity contribution in [2.45, 2.75) is 238 Å². The summed E-state index contributed by atoms with van der Waals surface area (Å²) < 4.78 is 23.7. The second kappa shape index (κ2) is 53.7. The average Bonchev–Trinajstić information content (AvgIpc) is 3.35. The number of likely N-dealkylation sites (N-methyl/N-ethyl adjacent to an activating group) is 1. The number of amides is 1. The molecule has 0 aromatic rings. The monoisotopic (exact) mass is 1040 g/mol. The quantitative estimate of drug-likeness (QED) is 0.0243. The van der Waals surface area contributed by atoms with Crippen molar-refractivity contribution < 1.29 is 32.9 Å². The van der Waals surface area contributed by atoms with E-state index >= 15 is 0 Å². The molecule has 0 aromatic heterocycles. The number of aliphatic hydroxyl groups excluding tert-OH is 1. The van der Waals surface area contributed by atoms with Crippen molar-refractivity contribution >= 4 is 13.7 Å². The first-order valence-corrected chi connectivity index (χ1v) is 30.9. The van der Waals surface area contributed by atoms with Gasteiger partial charge in [-0.05, 0) is 96.3 Å². The third-order valence-electron chi connectivity index (χ3n) is 12.4. The number of phosphoric ester groups is 1. The Morgan fingerprint density at radius 2 is 0.836 bits per heavy atom. The van der Waals surface area contributed by atoms with E-state index in [0.29, 0.717) is 17.4 Å². The van der Waals surface area contributed by atoms with E-state index in [1.54, 1.807) is 6.08 Å². The maximum atomic E-state index is 13.0. The third kappa shape index (κ3) is 56.5. The third-order valence-corrected chi connectivity index (χ3v) is 13.4. The fourth-order valence-corrected chi connectivity index (χ4v) is 8.57. The number of allylic oxidation sites excluding steroid dienone is 19. The molecule has 3 atom stereocenters. The van der Waals surface area contributed by atoms with Gasteiger partial charge in [0.25, 0.3) is 0 Å². The minimum Gasteiger partial charge on any atom is -0.387 e. The number of rotatable bonds is 52. The number of carbonyl (C=O) groups excluding carboxylic acids is 1. The summed E-state index contributed by atoms with van der Waals surface area (Å²) in [6.07, 6.45) is 80.1. The van der Waals surface area contributed by atoms with Crippen LogP contribution in [0.1, 0.15) is 226 Å². The van der Waals surface area contributed by atoms with Crippen molar-refractivity contribution in [1.82, 2.24) is 5.32 Å². The Morgan fingerprint density at radius 1 is 0.479 bits per heavy atom. The molecule has 0 radical (unpaired) electrons. The molecular weight excluding hydrogens is 924 g/mol. The number of hydrogen-bond acceptors (Lipinski definition) is 5. The predicted molar refractivity (Wildman–Crippen MR) is 318 cm³/mol. The molecule has 0 aliphatic carbocycles. The van der Waals surface area contributed by atoms with Gasteiger partial charge in [-0.15, -0.1) is 0 Å². The van der Waals surface area contributed by atoms with Crippen molar-refractivity contribution in [3.8, 4) is 0 Å². The van der Waals surface area contributed by atoms with E-state index in [9.17, 15) is 19.4 Å². The molecular formula is C64H112N2O6P+. The maximum Gasteiger partial charge on any atom is 0.472 e. The number of carbonyl (C=O) groups is 1. The van der Waals surface area contributed by atoms with E-state index in [1.165, 1.54) is 103 Å². The molecule has 9 heteroatoms. The van der Waals surface area contributed by atoms with Crippen LogP contribution in [0.3, 0.4) is 0 Å². The summed E-state index contributed by atoms with van der Waals surface area (Å²) in [6, 6.07) is -0.877. The smallest absolute Gasteiger partial charge is 0.387 e. The molecule has 0 aliphatic heterocycles. The molecule has 3 unspecified atom stereocenters. The molecule has 0 heterocycles. The van der Waals surface area contributed by atoms with Crippen LogP contribution in [0, 0.1) is 0 Å². The van der Waals surface area contributed by atoms with Gasteiger partial charge >= 0.3 is 7.82 Å². The van der Waals surface area contributed by atoms with Gasteiger partial charge in [0.2, 0.25) is 5.91 Å². The maximum absolute atomic E-state index is 13.0. The van der Waals surface area contributed by atoms with Crippen LogP contribution >= 0.6 is 7.82 Å². The summed E-state index contributed by atoms with van der Waals surface area (Å²) >= 11 is 0. The standard InChI is InChI=1S/C64H111N2O6P/c1-6-8-10-12-14-16-18-20-22-24-26-27-28-29-30-31-32-33-34-35-36-37-38-39-40-42-44-46-48-50-52-54-56-58-64(68)65-62(61-72-73(69,70)71-60-59-66(3,4)5)63(67)57-55-53-51-49-47-45-43-41-25-23-21-19-17-15-13-11-9-7-2/h8,10,14,16,20,22,26-27,29-30,32-33,35-36,38-39,47,49,55,57,62-63,67H,6-7,9,11-13,15,17-19,21,23-25,28,31,34,37,40-46,48,50-54,56,58-61H2,1-5H3,(H-,65,68,69,70)/p+1/b10-8-,16-14-,22-20-,27-26-,30-29-,33-32-,36-35-,39-38-,49-47+,57-55+. The molecule has 0 saturated carbocycles. The van der Waals surface area contributed by atoms with E-state index in [0.717, 1.165) is 103 Å². The lowest BCUT2D eigenvalue weighted by molar-refractivity contribution is -0.870. The van der Waals surface area contributed by atoms with Gasteiger partial charge in [0, 0.05) is 6.42 Å². The van der Waals surface area contributed by atoms with Crippen molar-refractivity contribution in [2.24, 2.45) is 0 Å². The molecule has 0 aliphatic rings. The van der Waals surface area contributed by atoms with Gasteiger partial charge in [0.05, 0.1) is 39.9 Å². The molecule has 0 aromatic carbocycles. The zero-order chi connectivity index (χ0) is 53.5. The topological polar surface area (TPSA) is 105 Å². The number of unbranched alkanes of at least 4 members (excludes halogenated alkanes) is 21. The molecule has 0 spiro atoms. The van der Waals surface area contributed by atoms with Crippen LogP contribution < -0.4 is 5.32 Å². The molecule has 0 fully saturated rings. The average molecular weight is 1040 g/mol. The van der Waals surface area contributed by atoms with Crippen LogP contribution in [0.25, 0.3) is 0 Å². The molecule has 3 N–H and O–H groups in total. The minimum atomic E-state index is -4.37. The van der Waals surface area contributed by atoms with E-state index < -0.39 is 20.0 Å². The van der Waals surface area contributed by atoms with Gasteiger partial charge in [0.15, 0.2) is 0 Å². The number of phosphoric acid groups is 1. The van der Waals surface area contributed by atoms with Gasteiger partial charge in [-0.2, -0.15) is 0 Å². The van der Waals surface area contributed by atoms with Crippen LogP contribution in [-0.2, 0) is 18.4 Å². The molecule has 8 nitrogen and oxygen atoms in total. The van der Waals surface area contributed by atoms with Gasteiger partial charge < -0.3 is 19.8 Å². The lowest BCUT2D eigenvalue weighted by Crippen LogP contribution is -2.45. The van der Waals surface area contributed by atoms with Crippen LogP contribution in [0.2, 0.25) is 0 Å². The number of nitrogens with zero attached hydrogens (tertiary/aromatic N) is 1. The van der Waals surface area contributed by atoms with E-state index in [-0.39, 0.29) is 19.1 Å². The Labute approximate surface area is 450 Å². The lowest BCUT2D eigenvalue weighted by Gasteiger charge is -2.25. The zero-order valence-corrected chi connectivity index (χ0v) is 48.5. The number of aliphatic hydroxyl groups is 1. The molecule has 0 saturated heterocycles. The number of nitrogens with one attached hydrogen (secondary N) is 1. The van der Waals surface area contributed by atoms with Crippen molar-refractivity contribution in [3.05, 3.63) is 122 Å². The highest BCUT2D eigenvalue weighted by Crippen LogP contribution is 2.43. The van der Waals surface area contributed by atoms with E-state index in [4.69, 9.17) is 9.05 Å². The molecule has 0 rings (SSSR count). The lowest BCUT2D eigenvalue weighted by atomic mass is 10.0. The highest BCUT2D eigenvalue weighted by atomic mass is 31.2. The first kappa shape index (κ1) is 69.9. The van der Waals surface area contributed by atoms with Crippen molar-refractivity contribution in [2.75, 3.05) is 40.9 Å². The largest absolute Gasteiger partial charge is 0.472 e. The normalized spacial score (nSPS) is 14.8. The fraction of sp³-hybridized carbons (Fsp3) is 0.672. The summed E-state index contributed by atoms with van der Waals surface area (Å²) in [4.78, 5) is 23.3. The van der Waals surface area contributed by atoms with Crippen LogP contribution in [-0.4, -0.2) is 73.4 Å². The van der Waals surface area contributed by atoms with Gasteiger partial charge in [-0.3, -0.25) is 13.8 Å². The highest BCUT2D eigenvalue weighted by molar-refractivity contribution is 7.47. The van der Waals surface area contributed by atoms with Crippen LogP contribution in [0.4, 0.5) is 0 Å². The Kier molecular flexibility index (Phi) is 51.4. The molecule has 418 valence electrons. The second-order valence-electron chi connectivity index (χ2n) is 20.6. The van der Waals surface area contributed by atoms with Gasteiger partial charge in [-0.1, -0.05) is 245 Å². The fourth-order valence-electron chi connectivity index (χ4n) is 7.84. The summed E-state index contributed by atoms with van der Waals surface area (Å²) in [6.45, 7) is 4.67. The Balaban J connectivity index is 4.26. The van der Waals surface area contributed by atoms with E-state index in [1.807, 2.05) is 27.2 Å². The summed E-state index contributed by atoms with van der Waals surface area (Å²) in [7, 11) is 1.53. The highest BCUT2D eigenvalue weighted by Gasteiger charge is 2.27. The van der Waals surface area contributed by atoms with Crippen LogP contribution in [0.5, 0.6) is 0 Å². The Morgan fingerprint density at radius 3 is 1.26 bits per heavy atom. The Bertz CT molecular complexity index is 1600. The predicted octanol–water partition coefficient (Wildman–Crippen LogP) is 18.1. The SMILES string of the molecule is CC/C=C\C/C=C\C/C=C\C/C=C\C/C=C\C/C=C\C/C=C\C/C=C\CCCCCCCCCCC(=O)NC(COP(=O)(O)OCC[N+](C)(C)C)C(O)/C=C/CC/C=C/CCCCCCCCCCCCCC. The summed E-state index contributed by atoms with van der Waals surface area (Å²) in [5, 5.41) is 13.9. The summed E-state index contributed by atoms with van der Waals surface area (Å²) in [5.41, 5.74) is 0. The van der Waals surface area contributed by atoms with Crippen molar-refractivity contribution in [1.29, 1.82) is 0 Å². The van der Waals surface area contributed by atoms with Gasteiger partial charge in [-0.25, -0.2) is 4.57 Å². The zero-order valence-electron chi connectivity index (χ0n) is 47.6. The Hall–Kier alpha value is -3.10. The number of hydrogen-bond donors (Lipinski definition) is 3. The molecule has 73 heavy (non-hydrogen) atoms. The van der Waals surface area contributed by atoms with Crippen molar-refractivity contribution in [3.63, 3.8) is 0 Å².